The van der Waals surface area contributed by atoms with Crippen LogP contribution >= 0.6 is 0 Å². The van der Waals surface area contributed by atoms with Crippen molar-refractivity contribution in [3.05, 3.63) is 65.4 Å². The summed E-state index contributed by atoms with van der Waals surface area (Å²) in [5.74, 6) is 0.163. The molecule has 0 radical (unpaired) electrons. The van der Waals surface area contributed by atoms with Gasteiger partial charge in [0.2, 0.25) is 0 Å². The van der Waals surface area contributed by atoms with E-state index in [0.29, 0.717) is 33.9 Å². The van der Waals surface area contributed by atoms with E-state index in [-0.39, 0.29) is 11.7 Å². The molecular formula is C21H18F3N5O2. The van der Waals surface area contributed by atoms with E-state index in [1.165, 1.54) is 16.9 Å². The van der Waals surface area contributed by atoms with E-state index in [0.717, 1.165) is 12.3 Å². The van der Waals surface area contributed by atoms with Crippen molar-refractivity contribution in [3.63, 3.8) is 0 Å². The third-order valence-corrected chi connectivity index (χ3v) is 4.64. The normalized spacial score (nSPS) is 12.0. The summed E-state index contributed by atoms with van der Waals surface area (Å²) in [7, 11) is 0. The number of anilines is 1. The molecule has 1 aromatic carbocycles. The molecule has 0 unspecified atom stereocenters. The summed E-state index contributed by atoms with van der Waals surface area (Å²) in [4.78, 5) is 21.1. The van der Waals surface area contributed by atoms with Crippen molar-refractivity contribution in [2.24, 2.45) is 0 Å². The summed E-state index contributed by atoms with van der Waals surface area (Å²) in [6.07, 6.45) is -2.36. The van der Waals surface area contributed by atoms with Gasteiger partial charge in [0.15, 0.2) is 17.3 Å². The van der Waals surface area contributed by atoms with Crippen LogP contribution in [0.3, 0.4) is 0 Å². The number of aromatic nitrogens is 4. The molecule has 0 atom stereocenters. The maximum Gasteiger partial charge on any atom is 0.417 e. The van der Waals surface area contributed by atoms with E-state index in [1.54, 1.807) is 25.1 Å². The fraction of sp³-hybridized carbons (Fsp3) is 0.238. The second-order valence-electron chi connectivity index (χ2n) is 7.28. The Hall–Kier alpha value is -3.69. The van der Waals surface area contributed by atoms with Gasteiger partial charge in [0, 0.05) is 18.8 Å². The average Bonchev–Trinajstić information content (AvgIpc) is 3.30. The van der Waals surface area contributed by atoms with Gasteiger partial charge in [-0.1, -0.05) is 13.8 Å². The molecule has 3 heterocycles. The number of carbonyl (C=O) groups excluding carboxylic acids is 1. The van der Waals surface area contributed by atoms with Crippen LogP contribution in [0.25, 0.3) is 16.9 Å². The number of fused-ring (bicyclic) bond motifs is 1. The highest BCUT2D eigenvalue weighted by atomic mass is 19.4. The molecule has 1 N–H and O–H groups in total. The Morgan fingerprint density at radius 2 is 1.94 bits per heavy atom. The lowest BCUT2D eigenvalue weighted by Crippen LogP contribution is -2.16. The van der Waals surface area contributed by atoms with Crippen LogP contribution in [0.1, 0.15) is 47.3 Å². The number of hydrogen-bond acceptors (Lipinski definition) is 5. The standard InChI is InChI=1S/C21H18F3N5O2/c1-11(2)19-15(10-26-29(19)18-7-4-13(9-25-18)21(22,23)24)20(30)28-14-5-6-17-16(8-14)27-12(3)31-17/h4-11H,1-3H3,(H,28,30). The topological polar surface area (TPSA) is 85.8 Å². The number of rotatable bonds is 4. The predicted molar refractivity (Wildman–Crippen MR) is 107 cm³/mol. The lowest BCUT2D eigenvalue weighted by atomic mass is 10.1. The fourth-order valence-electron chi connectivity index (χ4n) is 3.27. The molecule has 0 saturated carbocycles. The van der Waals surface area contributed by atoms with Crippen molar-refractivity contribution < 1.29 is 22.4 Å². The Kier molecular flexibility index (Phi) is 5.00. The molecule has 0 saturated heterocycles. The van der Waals surface area contributed by atoms with E-state index in [1.807, 2.05) is 13.8 Å². The summed E-state index contributed by atoms with van der Waals surface area (Å²) in [6, 6.07) is 7.26. The molecule has 0 aliphatic rings. The molecule has 160 valence electrons. The van der Waals surface area contributed by atoms with Gasteiger partial charge in [0.05, 0.1) is 23.0 Å². The number of alkyl halides is 3. The smallest absolute Gasteiger partial charge is 0.417 e. The zero-order chi connectivity index (χ0) is 22.3. The lowest BCUT2D eigenvalue weighted by molar-refractivity contribution is -0.137. The molecule has 0 spiro atoms. The monoisotopic (exact) mass is 429 g/mol. The number of carbonyl (C=O) groups is 1. The van der Waals surface area contributed by atoms with Crippen molar-refractivity contribution in [1.29, 1.82) is 0 Å². The van der Waals surface area contributed by atoms with E-state index in [4.69, 9.17) is 4.42 Å². The van der Waals surface area contributed by atoms with Crippen LogP contribution in [0.5, 0.6) is 0 Å². The Bertz CT molecular complexity index is 1260. The van der Waals surface area contributed by atoms with Crippen LogP contribution in [0.4, 0.5) is 18.9 Å². The summed E-state index contributed by atoms with van der Waals surface area (Å²) in [5, 5.41) is 7.01. The van der Waals surface area contributed by atoms with Crippen LogP contribution in [-0.4, -0.2) is 25.7 Å². The lowest BCUT2D eigenvalue weighted by Gasteiger charge is -2.13. The highest BCUT2D eigenvalue weighted by Gasteiger charge is 2.31. The minimum absolute atomic E-state index is 0.145. The van der Waals surface area contributed by atoms with Crippen molar-refractivity contribution in [2.75, 3.05) is 5.32 Å². The Labute approximate surface area is 174 Å². The highest BCUT2D eigenvalue weighted by molar-refractivity contribution is 6.05. The molecule has 0 aliphatic carbocycles. The molecule has 0 aliphatic heterocycles. The molecular weight excluding hydrogens is 411 g/mol. The van der Waals surface area contributed by atoms with Gasteiger partial charge in [-0.05, 0) is 36.2 Å². The third-order valence-electron chi connectivity index (χ3n) is 4.64. The minimum Gasteiger partial charge on any atom is -0.441 e. The molecule has 0 fully saturated rings. The first-order chi connectivity index (χ1) is 14.6. The first-order valence-electron chi connectivity index (χ1n) is 9.43. The van der Waals surface area contributed by atoms with Gasteiger partial charge < -0.3 is 9.73 Å². The number of pyridine rings is 1. The molecule has 31 heavy (non-hydrogen) atoms. The van der Waals surface area contributed by atoms with Gasteiger partial charge in [0.25, 0.3) is 5.91 Å². The molecule has 10 heteroatoms. The fourth-order valence-corrected chi connectivity index (χ4v) is 3.27. The molecule has 7 nitrogen and oxygen atoms in total. The van der Waals surface area contributed by atoms with Crippen LogP contribution in [0.2, 0.25) is 0 Å². The number of nitrogens with zero attached hydrogens (tertiary/aromatic N) is 4. The molecule has 3 aromatic heterocycles. The van der Waals surface area contributed by atoms with Gasteiger partial charge in [0.1, 0.15) is 5.52 Å². The Morgan fingerprint density at radius 1 is 1.16 bits per heavy atom. The second-order valence-corrected chi connectivity index (χ2v) is 7.28. The van der Waals surface area contributed by atoms with Crippen LogP contribution in [0, 0.1) is 6.92 Å². The number of aryl methyl sites for hydroxylation is 1. The zero-order valence-electron chi connectivity index (χ0n) is 16.9. The van der Waals surface area contributed by atoms with Crippen molar-refractivity contribution in [1.82, 2.24) is 19.7 Å². The number of nitrogens with one attached hydrogen (secondary N) is 1. The number of halogens is 3. The molecule has 4 aromatic rings. The Morgan fingerprint density at radius 3 is 2.58 bits per heavy atom. The van der Waals surface area contributed by atoms with E-state index < -0.39 is 17.6 Å². The third kappa shape index (κ3) is 4.00. The van der Waals surface area contributed by atoms with E-state index >= 15 is 0 Å². The number of benzene rings is 1. The second kappa shape index (κ2) is 7.53. The van der Waals surface area contributed by atoms with Gasteiger partial charge in [-0.2, -0.15) is 18.3 Å². The maximum absolute atomic E-state index is 12.9. The SMILES string of the molecule is Cc1nc2cc(NC(=O)c3cnn(-c4ccc(C(F)(F)F)cn4)c3C(C)C)ccc2o1. The quantitative estimate of drug-likeness (QED) is 0.487. The zero-order valence-corrected chi connectivity index (χ0v) is 16.9. The Balaban J connectivity index is 1.65. The van der Waals surface area contributed by atoms with Gasteiger partial charge in [-0.15, -0.1) is 0 Å². The molecule has 4 rings (SSSR count). The summed E-state index contributed by atoms with van der Waals surface area (Å²) < 4.78 is 45.3. The number of oxazole rings is 1. The van der Waals surface area contributed by atoms with Crippen LogP contribution < -0.4 is 5.32 Å². The van der Waals surface area contributed by atoms with Gasteiger partial charge >= 0.3 is 6.18 Å². The first kappa shape index (κ1) is 20.6. The van der Waals surface area contributed by atoms with E-state index in [2.05, 4.69) is 20.4 Å². The van der Waals surface area contributed by atoms with Crippen molar-refractivity contribution in [3.8, 4) is 5.82 Å². The highest BCUT2D eigenvalue weighted by Crippen LogP contribution is 2.30. The van der Waals surface area contributed by atoms with E-state index in [9.17, 15) is 18.0 Å². The first-order valence-corrected chi connectivity index (χ1v) is 9.43. The molecule has 0 bridgehead atoms. The maximum atomic E-state index is 12.9. The average molecular weight is 429 g/mol. The minimum atomic E-state index is -4.48. The summed E-state index contributed by atoms with van der Waals surface area (Å²) >= 11 is 0. The van der Waals surface area contributed by atoms with Crippen LogP contribution in [-0.2, 0) is 6.18 Å². The molecule has 1 amide bonds. The van der Waals surface area contributed by atoms with Crippen molar-refractivity contribution in [2.45, 2.75) is 32.9 Å². The van der Waals surface area contributed by atoms with Gasteiger partial charge in [-0.25, -0.2) is 14.6 Å². The number of hydrogen-bond donors (Lipinski definition) is 1. The summed E-state index contributed by atoms with van der Waals surface area (Å²) in [5.41, 5.74) is 1.73. The van der Waals surface area contributed by atoms with Crippen molar-refractivity contribution >= 4 is 22.7 Å². The van der Waals surface area contributed by atoms with Gasteiger partial charge in [-0.3, -0.25) is 4.79 Å². The van der Waals surface area contributed by atoms with Crippen LogP contribution in [0.15, 0.2) is 47.1 Å². The largest absolute Gasteiger partial charge is 0.441 e. The number of amides is 1. The summed E-state index contributed by atoms with van der Waals surface area (Å²) in [6.45, 7) is 5.45. The predicted octanol–water partition coefficient (Wildman–Crippen LogP) is 5.11.